The quantitative estimate of drug-likeness (QED) is 0.761. The molecule has 2 N–H and O–H groups in total. The summed E-state index contributed by atoms with van der Waals surface area (Å²) in [6.07, 6.45) is 0. The van der Waals surface area contributed by atoms with Crippen LogP contribution in [0, 0.1) is 0 Å². The molecule has 0 atom stereocenters. The minimum absolute atomic E-state index is 0.493. The van der Waals surface area contributed by atoms with Gasteiger partial charge in [0.1, 0.15) is 5.82 Å². The van der Waals surface area contributed by atoms with Crippen LogP contribution in [0.3, 0.4) is 0 Å². The van der Waals surface area contributed by atoms with Gasteiger partial charge in [-0.2, -0.15) is 0 Å². The molecule has 3 aromatic rings. The molecule has 0 saturated heterocycles. The molecule has 0 saturated carbocycles. The van der Waals surface area contributed by atoms with E-state index in [4.69, 9.17) is 5.73 Å². The zero-order valence-corrected chi connectivity index (χ0v) is 10.4. The fraction of sp³-hybridized carbons (Fsp3) is 0. The maximum atomic E-state index is 5.86. The lowest BCUT2D eigenvalue weighted by Gasteiger charge is -2.04. The van der Waals surface area contributed by atoms with Crippen LogP contribution in [0.15, 0.2) is 53.9 Å². The Bertz CT molecular complexity index is 648. The highest BCUT2D eigenvalue weighted by Crippen LogP contribution is 2.25. The van der Waals surface area contributed by atoms with E-state index in [0.717, 1.165) is 16.1 Å². The third kappa shape index (κ3) is 2.10. The second-order valence-corrected chi connectivity index (χ2v) is 4.79. The zero-order chi connectivity index (χ0) is 12.4. The van der Waals surface area contributed by atoms with Gasteiger partial charge in [0.15, 0.2) is 5.82 Å². The lowest BCUT2D eigenvalue weighted by Crippen LogP contribution is -1.96. The SMILES string of the molecule is Nc1cc(-c2ccccc2)nc(-c2cccs2)n1. The van der Waals surface area contributed by atoms with Crippen molar-refractivity contribution in [3.8, 4) is 22.0 Å². The molecular formula is C14H11N3S. The summed E-state index contributed by atoms with van der Waals surface area (Å²) in [7, 11) is 0. The number of rotatable bonds is 2. The van der Waals surface area contributed by atoms with E-state index in [9.17, 15) is 0 Å². The molecule has 2 aromatic heterocycles. The molecule has 88 valence electrons. The molecular weight excluding hydrogens is 242 g/mol. The van der Waals surface area contributed by atoms with Crippen LogP contribution in [-0.4, -0.2) is 9.97 Å². The molecule has 0 aliphatic rings. The van der Waals surface area contributed by atoms with Crippen molar-refractivity contribution in [2.75, 3.05) is 5.73 Å². The topological polar surface area (TPSA) is 51.8 Å². The lowest BCUT2D eigenvalue weighted by atomic mass is 10.1. The second kappa shape index (κ2) is 4.58. The first-order valence-corrected chi connectivity index (χ1v) is 6.45. The molecule has 3 rings (SSSR count). The molecule has 0 aliphatic carbocycles. The summed E-state index contributed by atoms with van der Waals surface area (Å²) in [5.74, 6) is 1.18. The van der Waals surface area contributed by atoms with Crippen LogP contribution in [0.5, 0.6) is 0 Å². The highest BCUT2D eigenvalue weighted by atomic mass is 32.1. The van der Waals surface area contributed by atoms with E-state index in [1.807, 2.05) is 47.8 Å². The van der Waals surface area contributed by atoms with E-state index in [0.29, 0.717) is 11.6 Å². The summed E-state index contributed by atoms with van der Waals surface area (Å²) in [5, 5.41) is 2.00. The molecule has 2 heterocycles. The van der Waals surface area contributed by atoms with Crippen molar-refractivity contribution in [1.29, 1.82) is 0 Å². The van der Waals surface area contributed by atoms with Gasteiger partial charge in [-0.1, -0.05) is 36.4 Å². The van der Waals surface area contributed by atoms with E-state index in [2.05, 4.69) is 9.97 Å². The summed E-state index contributed by atoms with van der Waals surface area (Å²) >= 11 is 1.61. The largest absolute Gasteiger partial charge is 0.384 e. The average Bonchev–Trinajstić information content (AvgIpc) is 2.93. The molecule has 0 radical (unpaired) electrons. The molecule has 4 heteroatoms. The van der Waals surface area contributed by atoms with Gasteiger partial charge in [0.2, 0.25) is 0 Å². The third-order valence-electron chi connectivity index (χ3n) is 2.56. The van der Waals surface area contributed by atoms with E-state index in [1.165, 1.54) is 0 Å². The Morgan fingerprint density at radius 1 is 0.944 bits per heavy atom. The van der Waals surface area contributed by atoms with Crippen molar-refractivity contribution in [1.82, 2.24) is 9.97 Å². The summed E-state index contributed by atoms with van der Waals surface area (Å²) in [4.78, 5) is 9.87. The summed E-state index contributed by atoms with van der Waals surface area (Å²) in [5.41, 5.74) is 7.76. The number of benzene rings is 1. The first kappa shape index (κ1) is 10.9. The van der Waals surface area contributed by atoms with Gasteiger partial charge < -0.3 is 5.73 Å². The Morgan fingerprint density at radius 3 is 2.50 bits per heavy atom. The number of hydrogen-bond donors (Lipinski definition) is 1. The Morgan fingerprint density at radius 2 is 1.78 bits per heavy atom. The van der Waals surface area contributed by atoms with Crippen LogP contribution in [0.4, 0.5) is 5.82 Å². The number of thiophene rings is 1. The normalized spacial score (nSPS) is 10.4. The van der Waals surface area contributed by atoms with Gasteiger partial charge in [-0.15, -0.1) is 11.3 Å². The Labute approximate surface area is 109 Å². The van der Waals surface area contributed by atoms with E-state index in [-0.39, 0.29) is 0 Å². The van der Waals surface area contributed by atoms with Crippen LogP contribution in [-0.2, 0) is 0 Å². The Hall–Kier alpha value is -2.20. The predicted octanol–water partition coefficient (Wildman–Crippen LogP) is 3.45. The van der Waals surface area contributed by atoms with Gasteiger partial charge in [-0.25, -0.2) is 9.97 Å². The van der Waals surface area contributed by atoms with Crippen molar-refractivity contribution in [3.05, 3.63) is 53.9 Å². The smallest absolute Gasteiger partial charge is 0.172 e. The van der Waals surface area contributed by atoms with Crippen LogP contribution < -0.4 is 5.73 Å². The second-order valence-electron chi connectivity index (χ2n) is 3.84. The van der Waals surface area contributed by atoms with Gasteiger partial charge in [-0.3, -0.25) is 0 Å². The summed E-state index contributed by atoms with van der Waals surface area (Å²) in [6, 6.07) is 15.8. The van der Waals surface area contributed by atoms with Crippen LogP contribution in [0.2, 0.25) is 0 Å². The number of hydrogen-bond acceptors (Lipinski definition) is 4. The van der Waals surface area contributed by atoms with Crippen molar-refractivity contribution < 1.29 is 0 Å². The van der Waals surface area contributed by atoms with Gasteiger partial charge in [0.05, 0.1) is 10.6 Å². The Kier molecular flexibility index (Phi) is 2.78. The Balaban J connectivity index is 2.12. The average molecular weight is 253 g/mol. The molecule has 0 unspecified atom stereocenters. The van der Waals surface area contributed by atoms with E-state index >= 15 is 0 Å². The minimum atomic E-state index is 0.493. The molecule has 0 bridgehead atoms. The highest BCUT2D eigenvalue weighted by Gasteiger charge is 2.07. The molecule has 18 heavy (non-hydrogen) atoms. The van der Waals surface area contributed by atoms with Crippen molar-refractivity contribution in [2.24, 2.45) is 0 Å². The maximum Gasteiger partial charge on any atom is 0.172 e. The molecule has 0 amide bonds. The summed E-state index contributed by atoms with van der Waals surface area (Å²) < 4.78 is 0. The fourth-order valence-electron chi connectivity index (χ4n) is 1.74. The molecule has 0 fully saturated rings. The van der Waals surface area contributed by atoms with Crippen molar-refractivity contribution >= 4 is 17.2 Å². The molecule has 0 aliphatic heterocycles. The molecule has 1 aromatic carbocycles. The lowest BCUT2D eigenvalue weighted by molar-refractivity contribution is 1.20. The fourth-order valence-corrected chi connectivity index (χ4v) is 2.40. The number of nitrogen functional groups attached to an aromatic ring is 1. The third-order valence-corrected chi connectivity index (χ3v) is 3.42. The highest BCUT2D eigenvalue weighted by molar-refractivity contribution is 7.13. The molecule has 3 nitrogen and oxygen atoms in total. The number of aromatic nitrogens is 2. The first-order chi connectivity index (χ1) is 8.83. The summed E-state index contributed by atoms with van der Waals surface area (Å²) in [6.45, 7) is 0. The van der Waals surface area contributed by atoms with Crippen molar-refractivity contribution in [2.45, 2.75) is 0 Å². The molecule has 0 spiro atoms. The number of nitrogens with two attached hydrogens (primary N) is 1. The van der Waals surface area contributed by atoms with Gasteiger partial charge >= 0.3 is 0 Å². The predicted molar refractivity (Wildman–Crippen MR) is 75.2 cm³/mol. The minimum Gasteiger partial charge on any atom is -0.384 e. The zero-order valence-electron chi connectivity index (χ0n) is 9.58. The number of nitrogens with zero attached hydrogens (tertiary/aromatic N) is 2. The van der Waals surface area contributed by atoms with Crippen molar-refractivity contribution in [3.63, 3.8) is 0 Å². The van der Waals surface area contributed by atoms with E-state index < -0.39 is 0 Å². The van der Waals surface area contributed by atoms with Gasteiger partial charge in [-0.05, 0) is 11.4 Å². The number of anilines is 1. The van der Waals surface area contributed by atoms with Gasteiger partial charge in [0.25, 0.3) is 0 Å². The van der Waals surface area contributed by atoms with Crippen LogP contribution in [0.25, 0.3) is 22.0 Å². The first-order valence-electron chi connectivity index (χ1n) is 5.57. The van der Waals surface area contributed by atoms with Gasteiger partial charge in [0, 0.05) is 11.6 Å². The van der Waals surface area contributed by atoms with Crippen LogP contribution >= 0.6 is 11.3 Å². The van der Waals surface area contributed by atoms with Crippen LogP contribution in [0.1, 0.15) is 0 Å². The maximum absolute atomic E-state index is 5.86. The monoisotopic (exact) mass is 253 g/mol. The standard InChI is InChI=1S/C14H11N3S/c15-13-9-11(10-5-2-1-3-6-10)16-14(17-13)12-7-4-8-18-12/h1-9H,(H2,15,16,17). The van der Waals surface area contributed by atoms with E-state index in [1.54, 1.807) is 17.4 Å².